The Hall–Kier alpha value is -4.29. The van der Waals surface area contributed by atoms with Crippen LogP contribution in [0.1, 0.15) is 16.7 Å². The second-order valence-corrected chi connectivity index (χ2v) is 9.13. The fourth-order valence-corrected chi connectivity index (χ4v) is 4.69. The SMILES string of the molecule is COc1cc(Cn2c(=O)c(C)c(-c3ccccc3[O-])[n+]3ccccc23)ccc1OCc1cccc(Cl)c1. The first-order valence-electron chi connectivity index (χ1n) is 11.8. The van der Waals surface area contributed by atoms with Crippen LogP contribution in [0.4, 0.5) is 0 Å². The second kappa shape index (κ2) is 10.4. The molecule has 0 atom stereocenters. The third kappa shape index (κ3) is 4.88. The average molecular weight is 513 g/mol. The summed E-state index contributed by atoms with van der Waals surface area (Å²) < 4.78 is 15.2. The molecule has 186 valence electrons. The van der Waals surface area contributed by atoms with E-state index in [4.69, 9.17) is 21.1 Å². The van der Waals surface area contributed by atoms with Gasteiger partial charge in [0.05, 0.1) is 18.9 Å². The van der Waals surface area contributed by atoms with Crippen LogP contribution in [0.25, 0.3) is 16.9 Å². The monoisotopic (exact) mass is 512 g/mol. The summed E-state index contributed by atoms with van der Waals surface area (Å²) in [6, 6.07) is 25.5. The highest BCUT2D eigenvalue weighted by Gasteiger charge is 2.23. The van der Waals surface area contributed by atoms with E-state index < -0.39 is 0 Å². The van der Waals surface area contributed by atoms with E-state index in [0.717, 1.165) is 11.1 Å². The highest BCUT2D eigenvalue weighted by atomic mass is 35.5. The predicted molar refractivity (Wildman–Crippen MR) is 141 cm³/mol. The van der Waals surface area contributed by atoms with Gasteiger partial charge >= 0.3 is 5.56 Å². The number of para-hydroxylation sites is 1. The molecule has 2 aromatic heterocycles. The van der Waals surface area contributed by atoms with E-state index in [1.54, 1.807) is 36.8 Å². The summed E-state index contributed by atoms with van der Waals surface area (Å²) in [5.41, 5.74) is 3.93. The number of nitrogens with zero attached hydrogens (tertiary/aromatic N) is 2. The van der Waals surface area contributed by atoms with Gasteiger partial charge in [0.1, 0.15) is 18.8 Å². The Labute approximate surface area is 219 Å². The minimum absolute atomic E-state index is 0.126. The van der Waals surface area contributed by atoms with E-state index >= 15 is 0 Å². The number of methoxy groups -OCH3 is 1. The Kier molecular flexibility index (Phi) is 6.84. The van der Waals surface area contributed by atoms with Crippen molar-refractivity contribution in [3.63, 3.8) is 0 Å². The lowest BCUT2D eigenvalue weighted by Crippen LogP contribution is -2.38. The zero-order valence-corrected chi connectivity index (χ0v) is 21.2. The fourth-order valence-electron chi connectivity index (χ4n) is 4.48. The Balaban J connectivity index is 1.51. The molecule has 0 aliphatic carbocycles. The number of fused-ring (bicyclic) bond motifs is 1. The second-order valence-electron chi connectivity index (χ2n) is 8.69. The molecule has 37 heavy (non-hydrogen) atoms. The van der Waals surface area contributed by atoms with Crippen LogP contribution in [0.15, 0.2) is 95.9 Å². The van der Waals surface area contributed by atoms with Crippen molar-refractivity contribution in [3.8, 4) is 28.5 Å². The molecule has 0 amide bonds. The van der Waals surface area contributed by atoms with Crippen molar-refractivity contribution in [3.05, 3.63) is 123 Å². The molecule has 5 aromatic rings. The molecule has 0 bridgehead atoms. The molecular weight excluding hydrogens is 488 g/mol. The predicted octanol–water partition coefficient (Wildman–Crippen LogP) is 4.93. The zero-order chi connectivity index (χ0) is 25.9. The molecule has 0 aliphatic rings. The lowest BCUT2D eigenvalue weighted by Gasteiger charge is -2.16. The third-order valence-electron chi connectivity index (χ3n) is 6.27. The normalized spacial score (nSPS) is 11.0. The summed E-state index contributed by atoms with van der Waals surface area (Å²) in [6.07, 6.45) is 1.87. The quantitative estimate of drug-likeness (QED) is 0.290. The van der Waals surface area contributed by atoms with E-state index in [1.807, 2.05) is 71.3 Å². The van der Waals surface area contributed by atoms with Gasteiger partial charge < -0.3 is 14.6 Å². The van der Waals surface area contributed by atoms with Crippen molar-refractivity contribution in [2.75, 3.05) is 7.11 Å². The summed E-state index contributed by atoms with van der Waals surface area (Å²) >= 11 is 6.08. The van der Waals surface area contributed by atoms with Crippen LogP contribution < -0.4 is 24.5 Å². The molecule has 7 heteroatoms. The standard InChI is InChI=1S/C30H25ClN2O4/c1-20-29(24-10-3-4-11-25(24)34)32-15-6-5-12-28(32)33(30(20)35)18-21-13-14-26(27(17-21)36-2)37-19-22-8-7-9-23(31)16-22/h3-17H,18-19H2,1-2H3. The van der Waals surface area contributed by atoms with Crippen molar-refractivity contribution >= 4 is 17.2 Å². The Morgan fingerprint density at radius 3 is 2.51 bits per heavy atom. The van der Waals surface area contributed by atoms with Crippen molar-refractivity contribution in [1.29, 1.82) is 0 Å². The van der Waals surface area contributed by atoms with Crippen molar-refractivity contribution in [2.24, 2.45) is 0 Å². The molecule has 0 spiro atoms. The molecule has 0 N–H and O–H groups in total. The molecule has 6 nitrogen and oxygen atoms in total. The number of hydrogen-bond donors (Lipinski definition) is 0. The molecule has 0 unspecified atom stereocenters. The molecule has 0 saturated carbocycles. The van der Waals surface area contributed by atoms with Crippen molar-refractivity contribution in [2.45, 2.75) is 20.1 Å². The van der Waals surface area contributed by atoms with Gasteiger partial charge in [-0.15, -0.1) is 0 Å². The van der Waals surface area contributed by atoms with Crippen LogP contribution in [0, 0.1) is 6.92 Å². The minimum Gasteiger partial charge on any atom is -0.872 e. The van der Waals surface area contributed by atoms with Gasteiger partial charge in [0.25, 0.3) is 5.65 Å². The molecule has 2 heterocycles. The minimum atomic E-state index is -0.162. The number of pyridine rings is 1. The van der Waals surface area contributed by atoms with Crippen LogP contribution >= 0.6 is 11.6 Å². The van der Waals surface area contributed by atoms with Crippen LogP contribution in [0.5, 0.6) is 17.2 Å². The molecule has 0 saturated heterocycles. The smallest absolute Gasteiger partial charge is 0.341 e. The van der Waals surface area contributed by atoms with Crippen molar-refractivity contribution < 1.29 is 19.0 Å². The highest BCUT2D eigenvalue weighted by Crippen LogP contribution is 2.30. The first kappa shape index (κ1) is 24.4. The third-order valence-corrected chi connectivity index (χ3v) is 6.51. The number of ether oxygens (including phenoxy) is 2. The van der Waals surface area contributed by atoms with E-state index in [2.05, 4.69) is 0 Å². The number of benzene rings is 3. The zero-order valence-electron chi connectivity index (χ0n) is 20.5. The Morgan fingerprint density at radius 1 is 0.919 bits per heavy atom. The molecule has 0 aliphatic heterocycles. The van der Waals surface area contributed by atoms with Gasteiger partial charge in [0.2, 0.25) is 0 Å². The van der Waals surface area contributed by atoms with Gasteiger partial charge in [-0.1, -0.05) is 65.9 Å². The van der Waals surface area contributed by atoms with Gasteiger partial charge in [-0.25, -0.2) is 4.79 Å². The van der Waals surface area contributed by atoms with E-state index in [-0.39, 0.29) is 11.3 Å². The van der Waals surface area contributed by atoms with Gasteiger partial charge in [0.15, 0.2) is 11.5 Å². The first-order valence-corrected chi connectivity index (χ1v) is 12.2. The first-order chi connectivity index (χ1) is 18.0. The maximum atomic E-state index is 13.6. The van der Waals surface area contributed by atoms with Crippen LogP contribution in [0.3, 0.4) is 0 Å². The maximum absolute atomic E-state index is 13.6. The highest BCUT2D eigenvalue weighted by molar-refractivity contribution is 6.30. The number of halogens is 1. The Morgan fingerprint density at radius 2 is 1.73 bits per heavy atom. The summed E-state index contributed by atoms with van der Waals surface area (Å²) in [5, 5.41) is 13.3. The largest absolute Gasteiger partial charge is 0.872 e. The van der Waals surface area contributed by atoms with Crippen LogP contribution in [-0.4, -0.2) is 11.7 Å². The van der Waals surface area contributed by atoms with Crippen LogP contribution in [-0.2, 0) is 13.2 Å². The van der Waals surface area contributed by atoms with Gasteiger partial charge in [0, 0.05) is 16.7 Å². The average Bonchev–Trinajstić information content (AvgIpc) is 2.91. The number of rotatable bonds is 7. The summed E-state index contributed by atoms with van der Waals surface area (Å²) in [4.78, 5) is 13.6. The van der Waals surface area contributed by atoms with E-state index in [9.17, 15) is 9.90 Å². The van der Waals surface area contributed by atoms with Gasteiger partial charge in [-0.3, -0.25) is 0 Å². The lowest BCUT2D eigenvalue weighted by molar-refractivity contribution is -0.504. The summed E-state index contributed by atoms with van der Waals surface area (Å²) in [6.45, 7) is 2.42. The number of hydrogen-bond acceptors (Lipinski definition) is 4. The topological polar surface area (TPSA) is 67.6 Å². The maximum Gasteiger partial charge on any atom is 0.341 e. The van der Waals surface area contributed by atoms with E-state index in [1.165, 1.54) is 6.07 Å². The number of aromatic nitrogens is 2. The van der Waals surface area contributed by atoms with Crippen LogP contribution in [0.2, 0.25) is 5.02 Å². The fraction of sp³-hybridized carbons (Fsp3) is 0.133. The molecule has 3 aromatic carbocycles. The summed E-state index contributed by atoms with van der Waals surface area (Å²) in [7, 11) is 1.59. The van der Waals surface area contributed by atoms with Gasteiger partial charge in [-0.2, -0.15) is 8.97 Å². The summed E-state index contributed by atoms with van der Waals surface area (Å²) in [5.74, 6) is 1.04. The van der Waals surface area contributed by atoms with E-state index in [0.29, 0.717) is 52.1 Å². The van der Waals surface area contributed by atoms with Crippen molar-refractivity contribution in [1.82, 2.24) is 4.57 Å². The van der Waals surface area contributed by atoms with Gasteiger partial charge in [-0.05, 0) is 48.4 Å². The molecule has 5 rings (SSSR count). The Bertz CT molecular complexity index is 1660. The molecular formula is C30H25ClN2O4. The molecule has 0 radical (unpaired) electrons. The molecule has 0 fully saturated rings. The lowest BCUT2D eigenvalue weighted by atomic mass is 10.1.